The van der Waals surface area contributed by atoms with E-state index in [4.69, 9.17) is 0 Å². The third-order valence-corrected chi connectivity index (χ3v) is 8.38. The van der Waals surface area contributed by atoms with E-state index in [0.717, 1.165) is 22.3 Å². The van der Waals surface area contributed by atoms with Crippen molar-refractivity contribution in [1.82, 2.24) is 0 Å². The fourth-order valence-corrected chi connectivity index (χ4v) is 5.69. The highest BCUT2D eigenvalue weighted by Gasteiger charge is 2.46. The number of allylic oxidation sites excluding steroid dienone is 20. The van der Waals surface area contributed by atoms with Crippen molar-refractivity contribution in [2.75, 3.05) is 0 Å². The molecule has 3 nitrogen and oxygen atoms in total. The highest BCUT2D eigenvalue weighted by Crippen LogP contribution is 2.44. The molecule has 0 aliphatic heterocycles. The Labute approximate surface area is 260 Å². The van der Waals surface area contributed by atoms with Crippen LogP contribution in [0.5, 0.6) is 0 Å². The Morgan fingerprint density at radius 1 is 0.698 bits per heavy atom. The van der Waals surface area contributed by atoms with Gasteiger partial charge in [-0.25, -0.2) is 0 Å². The molecule has 1 N–H and O–H groups in total. The molecule has 0 aromatic heterocycles. The molecule has 0 aromatic carbocycles. The highest BCUT2D eigenvalue weighted by molar-refractivity contribution is 5.93. The largest absolute Gasteiger partial charge is 0.381 e. The molecule has 2 aliphatic carbocycles. The summed E-state index contributed by atoms with van der Waals surface area (Å²) in [7, 11) is 0. The SMILES string of the molecule is CC1=CC(=O)CC(C)(C)C1/C=C/C(C)=C/C=C/C(C)=C/C=C/C=C(C)/C=C/C=C(C)/C=C/C1(O)C(C)=CC(=O)CC1(C)C. The van der Waals surface area contributed by atoms with Crippen LogP contribution < -0.4 is 0 Å². The van der Waals surface area contributed by atoms with Gasteiger partial charge < -0.3 is 5.11 Å². The van der Waals surface area contributed by atoms with Gasteiger partial charge >= 0.3 is 0 Å². The van der Waals surface area contributed by atoms with Gasteiger partial charge in [-0.2, -0.15) is 0 Å². The Bertz CT molecular complexity index is 1400. The molecule has 0 saturated carbocycles. The number of aliphatic hydroxyl groups is 1. The summed E-state index contributed by atoms with van der Waals surface area (Å²) < 4.78 is 0. The van der Waals surface area contributed by atoms with Crippen molar-refractivity contribution in [3.63, 3.8) is 0 Å². The predicted octanol–water partition coefficient (Wildman–Crippen LogP) is 9.79. The van der Waals surface area contributed by atoms with Gasteiger partial charge in [0.05, 0.1) is 0 Å². The van der Waals surface area contributed by atoms with Gasteiger partial charge in [-0.15, -0.1) is 0 Å². The molecule has 2 atom stereocenters. The second-order valence-electron chi connectivity index (χ2n) is 13.6. The Morgan fingerprint density at radius 3 is 1.67 bits per heavy atom. The van der Waals surface area contributed by atoms with E-state index in [1.807, 2.05) is 70.2 Å². The Morgan fingerprint density at radius 2 is 1.16 bits per heavy atom. The average molecular weight is 581 g/mol. The van der Waals surface area contributed by atoms with Gasteiger partial charge in [0.25, 0.3) is 0 Å². The van der Waals surface area contributed by atoms with Gasteiger partial charge in [0.2, 0.25) is 0 Å². The fourth-order valence-electron chi connectivity index (χ4n) is 5.69. The monoisotopic (exact) mass is 580 g/mol. The molecular formula is C40H52O3. The van der Waals surface area contributed by atoms with E-state index in [1.165, 1.54) is 5.57 Å². The zero-order valence-corrected chi connectivity index (χ0v) is 28.0. The summed E-state index contributed by atoms with van der Waals surface area (Å²) in [6, 6.07) is 0. The van der Waals surface area contributed by atoms with Crippen LogP contribution in [0, 0.1) is 16.7 Å². The van der Waals surface area contributed by atoms with Crippen LogP contribution in [0.4, 0.5) is 0 Å². The summed E-state index contributed by atoms with van der Waals surface area (Å²) in [5, 5.41) is 11.3. The van der Waals surface area contributed by atoms with Crippen molar-refractivity contribution in [1.29, 1.82) is 0 Å². The predicted molar refractivity (Wildman–Crippen MR) is 183 cm³/mol. The smallest absolute Gasteiger partial charge is 0.156 e. The molecular weight excluding hydrogens is 528 g/mol. The van der Waals surface area contributed by atoms with Gasteiger partial charge in [0.1, 0.15) is 5.60 Å². The fraction of sp³-hybridized carbons (Fsp3) is 0.400. The van der Waals surface area contributed by atoms with E-state index in [1.54, 1.807) is 12.2 Å². The second-order valence-corrected chi connectivity index (χ2v) is 13.6. The van der Waals surface area contributed by atoms with Crippen LogP contribution >= 0.6 is 0 Å². The van der Waals surface area contributed by atoms with Crippen LogP contribution in [0.15, 0.2) is 131 Å². The maximum atomic E-state index is 11.9. The number of carbonyl (C=O) groups is 2. The molecule has 0 amide bonds. The Balaban J connectivity index is 1.93. The van der Waals surface area contributed by atoms with Gasteiger partial charge in [0, 0.05) is 24.2 Å². The topological polar surface area (TPSA) is 54.4 Å². The van der Waals surface area contributed by atoms with Crippen LogP contribution in [0.3, 0.4) is 0 Å². The minimum atomic E-state index is -1.14. The molecule has 0 spiro atoms. The second kappa shape index (κ2) is 15.3. The molecule has 0 radical (unpaired) electrons. The maximum Gasteiger partial charge on any atom is 0.156 e. The first-order valence-corrected chi connectivity index (χ1v) is 15.2. The van der Waals surface area contributed by atoms with Crippen LogP contribution in [0.2, 0.25) is 0 Å². The quantitative estimate of drug-likeness (QED) is 0.262. The normalized spacial score (nSPS) is 26.1. The minimum Gasteiger partial charge on any atom is -0.381 e. The van der Waals surface area contributed by atoms with Crippen molar-refractivity contribution in [2.24, 2.45) is 16.7 Å². The van der Waals surface area contributed by atoms with E-state index in [2.05, 4.69) is 84.1 Å². The van der Waals surface area contributed by atoms with E-state index >= 15 is 0 Å². The lowest BCUT2D eigenvalue weighted by molar-refractivity contribution is -0.121. The molecule has 2 aliphatic rings. The summed E-state index contributed by atoms with van der Waals surface area (Å²) in [5.74, 6) is 0.562. The number of hydrogen-bond acceptors (Lipinski definition) is 3. The van der Waals surface area contributed by atoms with Crippen LogP contribution in [-0.2, 0) is 9.59 Å². The van der Waals surface area contributed by atoms with E-state index in [0.29, 0.717) is 18.4 Å². The first-order valence-electron chi connectivity index (χ1n) is 15.2. The van der Waals surface area contributed by atoms with Gasteiger partial charge in [-0.1, -0.05) is 135 Å². The summed E-state index contributed by atoms with van der Waals surface area (Å²) in [6.07, 6.45) is 32.9. The molecule has 230 valence electrons. The summed E-state index contributed by atoms with van der Waals surface area (Å²) >= 11 is 0. The lowest BCUT2D eigenvalue weighted by Crippen LogP contribution is -2.48. The van der Waals surface area contributed by atoms with Crippen molar-refractivity contribution < 1.29 is 14.7 Å². The molecule has 2 rings (SSSR count). The van der Waals surface area contributed by atoms with Crippen molar-refractivity contribution >= 4 is 11.6 Å². The number of ketones is 2. The van der Waals surface area contributed by atoms with Crippen molar-refractivity contribution in [2.45, 2.75) is 87.7 Å². The molecule has 0 aromatic rings. The number of rotatable bonds is 10. The van der Waals surface area contributed by atoms with E-state index in [9.17, 15) is 14.7 Å². The first-order chi connectivity index (χ1) is 20.0. The molecule has 3 heteroatoms. The summed E-state index contributed by atoms with van der Waals surface area (Å²) in [6.45, 7) is 20.3. The summed E-state index contributed by atoms with van der Waals surface area (Å²) in [4.78, 5) is 23.9. The van der Waals surface area contributed by atoms with Crippen LogP contribution in [0.1, 0.15) is 82.1 Å². The number of hydrogen-bond donors (Lipinski definition) is 1. The third-order valence-electron chi connectivity index (χ3n) is 8.38. The van der Waals surface area contributed by atoms with Crippen molar-refractivity contribution in [3.05, 3.63) is 131 Å². The van der Waals surface area contributed by atoms with Gasteiger partial charge in [-0.05, 0) is 70.8 Å². The molecule has 0 heterocycles. The first kappa shape index (κ1) is 35.6. The Kier molecular flexibility index (Phi) is 12.6. The lowest BCUT2D eigenvalue weighted by Gasteiger charge is -2.44. The minimum absolute atomic E-state index is 0.0540. The molecule has 2 unspecified atom stereocenters. The van der Waals surface area contributed by atoms with Gasteiger partial charge in [-0.3, -0.25) is 9.59 Å². The van der Waals surface area contributed by atoms with E-state index < -0.39 is 11.0 Å². The van der Waals surface area contributed by atoms with Crippen molar-refractivity contribution in [3.8, 4) is 0 Å². The third kappa shape index (κ3) is 10.6. The average Bonchev–Trinajstić information content (AvgIpc) is 2.87. The van der Waals surface area contributed by atoms with Gasteiger partial charge in [0.15, 0.2) is 11.6 Å². The maximum absolute atomic E-state index is 11.9. The molecule has 0 saturated heterocycles. The zero-order valence-electron chi connectivity index (χ0n) is 28.0. The Hall–Kier alpha value is -3.56. The standard InChI is InChI=1S/C40H52O3/c1-29(17-13-19-31(3)21-22-37-33(5)25-35(41)27-38(37,7)8)15-11-12-16-30(2)18-14-20-32(4)23-24-40(43)34(6)26-36(42)28-39(40,9)10/h11-26,37,43H,27-28H2,1-10H3/b12-11+,17-13+,18-14+,22-21+,24-23+,29-15+,30-16+,31-19+,32-20+. The van der Waals surface area contributed by atoms with Crippen LogP contribution in [-0.4, -0.2) is 22.3 Å². The highest BCUT2D eigenvalue weighted by atomic mass is 16.3. The summed E-state index contributed by atoms with van der Waals surface area (Å²) in [5.41, 5.74) is 4.53. The molecule has 0 bridgehead atoms. The number of carbonyl (C=O) groups excluding carboxylic acids is 2. The van der Waals surface area contributed by atoms with E-state index in [-0.39, 0.29) is 22.9 Å². The molecule has 0 fully saturated rings. The lowest BCUT2D eigenvalue weighted by atomic mass is 9.64. The zero-order chi connectivity index (χ0) is 32.4. The van der Waals surface area contributed by atoms with Crippen LogP contribution in [0.25, 0.3) is 0 Å². The molecule has 43 heavy (non-hydrogen) atoms.